The van der Waals surface area contributed by atoms with Crippen molar-refractivity contribution in [3.63, 3.8) is 0 Å². The number of benzene rings is 2. The molecule has 0 heterocycles. The number of hydrogen-bond donors (Lipinski definition) is 2. The fourth-order valence-electron chi connectivity index (χ4n) is 1.82. The highest BCUT2D eigenvalue weighted by Crippen LogP contribution is 2.17. The normalized spacial score (nSPS) is 10.0. The molecule has 2 aromatic rings. The highest BCUT2D eigenvalue weighted by atomic mass is 19.1. The molecule has 0 fully saturated rings. The third-order valence-electron chi connectivity index (χ3n) is 2.99. The van der Waals surface area contributed by atoms with E-state index < -0.39 is 0 Å². The number of anilines is 2. The van der Waals surface area contributed by atoms with Gasteiger partial charge in [-0.2, -0.15) is 0 Å². The summed E-state index contributed by atoms with van der Waals surface area (Å²) in [4.78, 5) is 13.8. The average molecular weight is 287 g/mol. The predicted molar refractivity (Wildman–Crippen MR) is 83.0 cm³/mol. The van der Waals surface area contributed by atoms with Gasteiger partial charge in [-0.1, -0.05) is 18.2 Å². The summed E-state index contributed by atoms with van der Waals surface area (Å²) in [5.74, 6) is -0.288. The van der Waals surface area contributed by atoms with E-state index >= 15 is 0 Å². The number of hydrogen-bond acceptors (Lipinski definition) is 2. The summed E-state index contributed by atoms with van der Waals surface area (Å²) in [7, 11) is 3.88. The minimum Gasteiger partial charge on any atom is -0.378 e. The van der Waals surface area contributed by atoms with Gasteiger partial charge in [-0.3, -0.25) is 0 Å². The van der Waals surface area contributed by atoms with Crippen molar-refractivity contribution < 1.29 is 9.18 Å². The van der Waals surface area contributed by atoms with Crippen LogP contribution in [0.25, 0.3) is 0 Å². The zero-order valence-corrected chi connectivity index (χ0v) is 12.1. The third-order valence-corrected chi connectivity index (χ3v) is 2.99. The van der Waals surface area contributed by atoms with Crippen LogP contribution in [0.15, 0.2) is 48.5 Å². The topological polar surface area (TPSA) is 44.4 Å². The van der Waals surface area contributed by atoms with E-state index in [9.17, 15) is 9.18 Å². The Labute approximate surface area is 123 Å². The van der Waals surface area contributed by atoms with Crippen LogP contribution in [0, 0.1) is 5.82 Å². The lowest BCUT2D eigenvalue weighted by Crippen LogP contribution is -2.28. The molecular weight excluding hydrogens is 269 g/mol. The first kappa shape index (κ1) is 14.8. The minimum atomic E-state index is -0.296. The van der Waals surface area contributed by atoms with E-state index in [2.05, 4.69) is 10.6 Å². The molecule has 0 aliphatic heterocycles. The van der Waals surface area contributed by atoms with Gasteiger partial charge in [-0.25, -0.2) is 9.18 Å². The summed E-state index contributed by atoms with van der Waals surface area (Å²) in [5, 5.41) is 5.50. The standard InChI is InChI=1S/C16H18FN3O/c1-20(2)15-5-3-4-14(10-15)19-16(21)18-11-12-6-8-13(17)9-7-12/h3-10H,11H2,1-2H3,(H2,18,19,21). The van der Waals surface area contributed by atoms with Crippen LogP contribution in [0.2, 0.25) is 0 Å². The number of halogens is 1. The molecule has 110 valence electrons. The number of urea groups is 1. The molecule has 2 rings (SSSR count). The van der Waals surface area contributed by atoms with E-state index in [0.29, 0.717) is 6.54 Å². The molecule has 0 aliphatic rings. The van der Waals surface area contributed by atoms with Gasteiger partial charge in [-0.05, 0) is 35.9 Å². The Hall–Kier alpha value is -2.56. The molecular formula is C16H18FN3O. The second-order valence-electron chi connectivity index (χ2n) is 4.88. The van der Waals surface area contributed by atoms with Crippen molar-refractivity contribution in [2.75, 3.05) is 24.3 Å². The first-order valence-electron chi connectivity index (χ1n) is 6.61. The molecule has 2 N–H and O–H groups in total. The summed E-state index contributed by atoms with van der Waals surface area (Å²) in [6, 6.07) is 13.3. The minimum absolute atomic E-state index is 0.288. The number of nitrogens with zero attached hydrogens (tertiary/aromatic N) is 1. The fourth-order valence-corrected chi connectivity index (χ4v) is 1.82. The van der Waals surface area contributed by atoms with Crippen molar-refractivity contribution in [2.45, 2.75) is 6.54 Å². The van der Waals surface area contributed by atoms with Crippen molar-refractivity contribution >= 4 is 17.4 Å². The van der Waals surface area contributed by atoms with Crippen molar-refractivity contribution in [1.29, 1.82) is 0 Å². The highest BCUT2D eigenvalue weighted by molar-refractivity contribution is 5.89. The maximum Gasteiger partial charge on any atom is 0.319 e. The summed E-state index contributed by atoms with van der Waals surface area (Å²) in [6.07, 6.45) is 0. The second-order valence-corrected chi connectivity index (χ2v) is 4.88. The average Bonchev–Trinajstić information content (AvgIpc) is 2.47. The Bertz CT molecular complexity index is 611. The quantitative estimate of drug-likeness (QED) is 0.907. The number of nitrogens with one attached hydrogen (secondary N) is 2. The monoisotopic (exact) mass is 287 g/mol. The van der Waals surface area contributed by atoms with E-state index in [1.54, 1.807) is 12.1 Å². The van der Waals surface area contributed by atoms with Gasteiger partial charge in [0.15, 0.2) is 0 Å². The summed E-state index contributed by atoms with van der Waals surface area (Å²) < 4.78 is 12.8. The van der Waals surface area contributed by atoms with Gasteiger partial charge in [0.25, 0.3) is 0 Å². The Kier molecular flexibility index (Phi) is 4.77. The van der Waals surface area contributed by atoms with Crippen LogP contribution in [-0.4, -0.2) is 20.1 Å². The molecule has 0 unspecified atom stereocenters. The van der Waals surface area contributed by atoms with Gasteiger partial charge in [-0.15, -0.1) is 0 Å². The first-order chi connectivity index (χ1) is 10.0. The number of carbonyl (C=O) groups excluding carboxylic acids is 1. The van der Waals surface area contributed by atoms with Crippen molar-refractivity contribution in [3.8, 4) is 0 Å². The van der Waals surface area contributed by atoms with E-state index in [1.165, 1.54) is 12.1 Å². The third kappa shape index (κ3) is 4.49. The zero-order chi connectivity index (χ0) is 15.2. The molecule has 2 amide bonds. The Morgan fingerprint density at radius 3 is 2.52 bits per heavy atom. The molecule has 4 nitrogen and oxygen atoms in total. The van der Waals surface area contributed by atoms with E-state index in [-0.39, 0.29) is 11.8 Å². The predicted octanol–water partition coefficient (Wildman–Crippen LogP) is 3.21. The van der Waals surface area contributed by atoms with Crippen LogP contribution in [0.4, 0.5) is 20.6 Å². The lowest BCUT2D eigenvalue weighted by atomic mass is 10.2. The summed E-state index contributed by atoms with van der Waals surface area (Å²) >= 11 is 0. The largest absolute Gasteiger partial charge is 0.378 e. The second kappa shape index (κ2) is 6.74. The van der Waals surface area contributed by atoms with Crippen molar-refractivity contribution in [2.24, 2.45) is 0 Å². The Morgan fingerprint density at radius 2 is 1.86 bits per heavy atom. The molecule has 0 bridgehead atoms. The number of carbonyl (C=O) groups is 1. The lowest BCUT2D eigenvalue weighted by Gasteiger charge is -2.14. The molecule has 0 saturated heterocycles. The maximum atomic E-state index is 12.8. The highest BCUT2D eigenvalue weighted by Gasteiger charge is 2.03. The summed E-state index contributed by atoms with van der Waals surface area (Å²) in [6.45, 7) is 0.347. The fraction of sp³-hybridized carbons (Fsp3) is 0.188. The maximum absolute atomic E-state index is 12.8. The molecule has 0 aromatic heterocycles. The van der Waals surface area contributed by atoms with Gasteiger partial charge in [0.05, 0.1) is 0 Å². The number of rotatable bonds is 4. The van der Waals surface area contributed by atoms with Gasteiger partial charge < -0.3 is 15.5 Å². The smallest absolute Gasteiger partial charge is 0.319 e. The number of amides is 2. The molecule has 0 aliphatic carbocycles. The molecule has 0 saturated carbocycles. The van der Waals surface area contributed by atoms with Crippen LogP contribution >= 0.6 is 0 Å². The van der Waals surface area contributed by atoms with Crippen LogP contribution in [0.5, 0.6) is 0 Å². The molecule has 2 aromatic carbocycles. The molecule has 0 radical (unpaired) electrons. The van der Waals surface area contributed by atoms with E-state index in [1.807, 2.05) is 43.3 Å². The van der Waals surface area contributed by atoms with Gasteiger partial charge in [0, 0.05) is 32.0 Å². The Morgan fingerprint density at radius 1 is 1.14 bits per heavy atom. The van der Waals surface area contributed by atoms with Crippen LogP contribution in [0.3, 0.4) is 0 Å². The molecule has 5 heteroatoms. The van der Waals surface area contributed by atoms with Crippen molar-refractivity contribution in [3.05, 3.63) is 59.9 Å². The van der Waals surface area contributed by atoms with Gasteiger partial charge in [0.1, 0.15) is 5.82 Å². The van der Waals surface area contributed by atoms with E-state index in [0.717, 1.165) is 16.9 Å². The molecule has 21 heavy (non-hydrogen) atoms. The molecule has 0 atom stereocenters. The van der Waals surface area contributed by atoms with Crippen molar-refractivity contribution in [1.82, 2.24) is 5.32 Å². The Balaban J connectivity index is 1.89. The first-order valence-corrected chi connectivity index (χ1v) is 6.61. The summed E-state index contributed by atoms with van der Waals surface area (Å²) in [5.41, 5.74) is 2.57. The lowest BCUT2D eigenvalue weighted by molar-refractivity contribution is 0.251. The van der Waals surface area contributed by atoms with Crippen LogP contribution < -0.4 is 15.5 Å². The SMILES string of the molecule is CN(C)c1cccc(NC(=O)NCc2ccc(F)cc2)c1. The van der Waals surface area contributed by atoms with Gasteiger partial charge >= 0.3 is 6.03 Å². The van der Waals surface area contributed by atoms with Crippen LogP contribution in [-0.2, 0) is 6.54 Å². The van der Waals surface area contributed by atoms with Gasteiger partial charge in [0.2, 0.25) is 0 Å². The zero-order valence-electron chi connectivity index (χ0n) is 12.1. The van der Waals surface area contributed by atoms with E-state index in [4.69, 9.17) is 0 Å². The van der Waals surface area contributed by atoms with Crippen LogP contribution in [0.1, 0.15) is 5.56 Å². The molecule has 0 spiro atoms.